The van der Waals surface area contributed by atoms with E-state index >= 15 is 0 Å². The minimum atomic E-state index is -3.02. The minimum absolute atomic E-state index is 0.111. The molecule has 0 saturated carbocycles. The summed E-state index contributed by atoms with van der Waals surface area (Å²) in [6.45, 7) is 4.10. The highest BCUT2D eigenvalue weighted by atomic mass is 32.2. The van der Waals surface area contributed by atoms with Gasteiger partial charge in [-0.25, -0.2) is 8.42 Å². The van der Waals surface area contributed by atoms with Crippen molar-refractivity contribution in [1.82, 2.24) is 0 Å². The molecule has 0 aliphatic rings. The average Bonchev–Trinajstić information content (AvgIpc) is 1.79. The number of sulfone groups is 1. The normalized spacial score (nSPS) is 15.1. The molecular formula is C8H18O3S. The van der Waals surface area contributed by atoms with Crippen LogP contribution in [-0.2, 0) is 9.84 Å². The molecule has 0 aromatic heterocycles. The standard InChI is InChI=1S/C8H18O3S/c1-7(2)4-5-8(9)6-12(3,10)11/h7-9H,4-6H2,1-3H3. The second-order valence-corrected chi connectivity index (χ2v) is 5.90. The fourth-order valence-corrected chi connectivity index (χ4v) is 1.82. The quantitative estimate of drug-likeness (QED) is 0.705. The summed E-state index contributed by atoms with van der Waals surface area (Å²) in [5.41, 5.74) is 0. The van der Waals surface area contributed by atoms with E-state index in [-0.39, 0.29) is 5.75 Å². The summed E-state index contributed by atoms with van der Waals surface area (Å²) in [6.07, 6.45) is 1.90. The molecule has 0 aliphatic carbocycles. The van der Waals surface area contributed by atoms with Crippen LogP contribution in [0.1, 0.15) is 26.7 Å². The first-order valence-corrected chi connectivity index (χ1v) is 6.23. The Bertz CT molecular complexity index is 206. The highest BCUT2D eigenvalue weighted by Crippen LogP contribution is 2.07. The summed E-state index contributed by atoms with van der Waals surface area (Å²) in [6, 6.07) is 0. The van der Waals surface area contributed by atoms with Crippen LogP contribution in [0.15, 0.2) is 0 Å². The lowest BCUT2D eigenvalue weighted by Gasteiger charge is -2.10. The van der Waals surface area contributed by atoms with Crippen molar-refractivity contribution in [2.45, 2.75) is 32.8 Å². The Hall–Kier alpha value is -0.0900. The highest BCUT2D eigenvalue weighted by Gasteiger charge is 2.12. The van der Waals surface area contributed by atoms with E-state index < -0.39 is 15.9 Å². The van der Waals surface area contributed by atoms with Crippen molar-refractivity contribution >= 4 is 9.84 Å². The lowest BCUT2D eigenvalue weighted by Crippen LogP contribution is -2.20. The number of hydrogen-bond acceptors (Lipinski definition) is 3. The van der Waals surface area contributed by atoms with Crippen LogP contribution in [0.5, 0.6) is 0 Å². The molecule has 74 valence electrons. The summed E-state index contributed by atoms with van der Waals surface area (Å²) in [4.78, 5) is 0. The van der Waals surface area contributed by atoms with Crippen LogP contribution >= 0.6 is 0 Å². The van der Waals surface area contributed by atoms with E-state index in [4.69, 9.17) is 0 Å². The van der Waals surface area contributed by atoms with Crippen molar-refractivity contribution < 1.29 is 13.5 Å². The SMILES string of the molecule is CC(C)CCC(O)CS(C)(=O)=O. The third-order valence-corrected chi connectivity index (χ3v) is 2.56. The van der Waals surface area contributed by atoms with Crippen molar-refractivity contribution in [3.8, 4) is 0 Å². The molecule has 0 fully saturated rings. The second-order valence-electron chi connectivity index (χ2n) is 3.72. The smallest absolute Gasteiger partial charge is 0.149 e. The maximum atomic E-state index is 10.7. The third-order valence-electron chi connectivity index (χ3n) is 1.57. The lowest BCUT2D eigenvalue weighted by molar-refractivity contribution is 0.178. The Balaban J connectivity index is 3.68. The molecule has 0 heterocycles. The van der Waals surface area contributed by atoms with Crippen LogP contribution in [0.3, 0.4) is 0 Å². The first kappa shape index (κ1) is 11.9. The van der Waals surface area contributed by atoms with Gasteiger partial charge in [-0.05, 0) is 18.8 Å². The van der Waals surface area contributed by atoms with Gasteiger partial charge in [0.15, 0.2) is 0 Å². The van der Waals surface area contributed by atoms with Crippen LogP contribution in [0.2, 0.25) is 0 Å². The second kappa shape index (κ2) is 4.82. The van der Waals surface area contributed by atoms with Gasteiger partial charge >= 0.3 is 0 Å². The summed E-state index contributed by atoms with van der Waals surface area (Å²) >= 11 is 0. The molecule has 0 amide bonds. The average molecular weight is 194 g/mol. The van der Waals surface area contributed by atoms with Crippen LogP contribution in [0.4, 0.5) is 0 Å². The van der Waals surface area contributed by atoms with Crippen LogP contribution < -0.4 is 0 Å². The molecule has 0 aromatic rings. The van der Waals surface area contributed by atoms with E-state index in [0.29, 0.717) is 12.3 Å². The number of rotatable bonds is 5. The van der Waals surface area contributed by atoms with Crippen molar-refractivity contribution in [1.29, 1.82) is 0 Å². The van der Waals surface area contributed by atoms with E-state index in [1.165, 1.54) is 0 Å². The Labute approximate surface area is 74.7 Å². The van der Waals surface area contributed by atoms with E-state index in [9.17, 15) is 13.5 Å². The van der Waals surface area contributed by atoms with Gasteiger partial charge in [-0.1, -0.05) is 13.8 Å². The fourth-order valence-electron chi connectivity index (χ4n) is 0.959. The van der Waals surface area contributed by atoms with Crippen molar-refractivity contribution in [2.24, 2.45) is 5.92 Å². The third kappa shape index (κ3) is 8.01. The first-order chi connectivity index (χ1) is 5.31. The molecule has 0 bridgehead atoms. The lowest BCUT2D eigenvalue weighted by atomic mass is 10.1. The molecule has 1 N–H and O–H groups in total. The molecule has 3 nitrogen and oxygen atoms in total. The molecule has 0 aliphatic heterocycles. The molecule has 12 heavy (non-hydrogen) atoms. The largest absolute Gasteiger partial charge is 0.392 e. The monoisotopic (exact) mass is 194 g/mol. The summed E-state index contributed by atoms with van der Waals surface area (Å²) in [7, 11) is -3.02. The Morgan fingerprint density at radius 1 is 1.25 bits per heavy atom. The van der Waals surface area contributed by atoms with Crippen LogP contribution in [-0.4, -0.2) is 31.6 Å². The number of aliphatic hydroxyl groups is 1. The zero-order valence-corrected chi connectivity index (χ0v) is 8.76. The molecule has 0 aromatic carbocycles. The van der Waals surface area contributed by atoms with Crippen molar-refractivity contribution in [2.75, 3.05) is 12.0 Å². The minimum Gasteiger partial charge on any atom is -0.392 e. The van der Waals surface area contributed by atoms with Gasteiger partial charge in [-0.3, -0.25) is 0 Å². The maximum absolute atomic E-state index is 10.7. The zero-order chi connectivity index (χ0) is 9.78. The number of hydrogen-bond donors (Lipinski definition) is 1. The molecule has 0 saturated heterocycles. The van der Waals surface area contributed by atoms with E-state index in [0.717, 1.165) is 12.7 Å². The van der Waals surface area contributed by atoms with Gasteiger partial charge in [-0.2, -0.15) is 0 Å². The predicted molar refractivity (Wildman–Crippen MR) is 49.8 cm³/mol. The Morgan fingerprint density at radius 3 is 2.08 bits per heavy atom. The maximum Gasteiger partial charge on any atom is 0.149 e. The Kier molecular flexibility index (Phi) is 4.78. The van der Waals surface area contributed by atoms with Gasteiger partial charge in [0.05, 0.1) is 11.9 Å². The van der Waals surface area contributed by atoms with Crippen molar-refractivity contribution in [3.63, 3.8) is 0 Å². The summed E-state index contributed by atoms with van der Waals surface area (Å²) < 4.78 is 21.5. The molecule has 0 spiro atoms. The highest BCUT2D eigenvalue weighted by molar-refractivity contribution is 7.90. The Morgan fingerprint density at radius 2 is 1.75 bits per heavy atom. The zero-order valence-electron chi connectivity index (χ0n) is 7.95. The van der Waals surface area contributed by atoms with Gasteiger partial charge in [0, 0.05) is 6.26 Å². The number of aliphatic hydroxyl groups excluding tert-OH is 1. The summed E-state index contributed by atoms with van der Waals surface area (Å²) in [5, 5.41) is 9.25. The van der Waals surface area contributed by atoms with Gasteiger partial charge in [0.2, 0.25) is 0 Å². The van der Waals surface area contributed by atoms with Gasteiger partial charge < -0.3 is 5.11 Å². The van der Waals surface area contributed by atoms with E-state index in [1.807, 2.05) is 13.8 Å². The molecule has 4 heteroatoms. The van der Waals surface area contributed by atoms with E-state index in [2.05, 4.69) is 0 Å². The van der Waals surface area contributed by atoms with Gasteiger partial charge in [0.25, 0.3) is 0 Å². The molecular weight excluding hydrogens is 176 g/mol. The molecule has 1 unspecified atom stereocenters. The van der Waals surface area contributed by atoms with Gasteiger partial charge in [-0.15, -0.1) is 0 Å². The first-order valence-electron chi connectivity index (χ1n) is 4.17. The predicted octanol–water partition coefficient (Wildman–Crippen LogP) is 0.828. The van der Waals surface area contributed by atoms with Gasteiger partial charge in [0.1, 0.15) is 9.84 Å². The van der Waals surface area contributed by atoms with E-state index in [1.54, 1.807) is 0 Å². The fraction of sp³-hybridized carbons (Fsp3) is 1.00. The molecule has 1 atom stereocenters. The van der Waals surface area contributed by atoms with Crippen molar-refractivity contribution in [3.05, 3.63) is 0 Å². The molecule has 0 rings (SSSR count). The summed E-state index contributed by atoms with van der Waals surface area (Å²) in [5.74, 6) is 0.402. The van der Waals surface area contributed by atoms with Crippen LogP contribution in [0.25, 0.3) is 0 Å². The topological polar surface area (TPSA) is 54.4 Å². The van der Waals surface area contributed by atoms with Crippen LogP contribution in [0, 0.1) is 5.92 Å². The molecule has 0 radical (unpaired) electrons.